The predicted molar refractivity (Wildman–Crippen MR) is 141 cm³/mol. The molecule has 0 aromatic heterocycles. The molecule has 2 aromatic carbocycles. The van der Waals surface area contributed by atoms with Gasteiger partial charge in [-0.3, -0.25) is 0 Å². The Morgan fingerprint density at radius 2 is 0.562 bits per heavy atom. The molecule has 0 saturated carbocycles. The first-order chi connectivity index (χ1) is 15.0. The molecule has 0 unspecified atom stereocenters. The minimum absolute atomic E-state index is 1.08. The van der Waals surface area contributed by atoms with E-state index in [4.69, 9.17) is 0 Å². The van der Waals surface area contributed by atoms with Crippen molar-refractivity contribution in [1.29, 1.82) is 0 Å². The van der Waals surface area contributed by atoms with E-state index in [1.54, 1.807) is 6.92 Å². The second-order valence-electron chi connectivity index (χ2n) is 8.38. The van der Waals surface area contributed by atoms with E-state index in [1.165, 1.54) is 61.2 Å². The molecular weight excluding hydrogens is 384 g/mol. The summed E-state index contributed by atoms with van der Waals surface area (Å²) in [4.78, 5) is 0. The van der Waals surface area contributed by atoms with Crippen LogP contribution in [0.5, 0.6) is 0 Å². The van der Waals surface area contributed by atoms with Crippen LogP contribution < -0.4 is 0 Å². The summed E-state index contributed by atoms with van der Waals surface area (Å²) >= 11 is 0. The van der Waals surface area contributed by atoms with E-state index in [1.807, 2.05) is 0 Å². The zero-order valence-corrected chi connectivity index (χ0v) is 22.0. The third kappa shape index (κ3) is 6.11. The van der Waals surface area contributed by atoms with E-state index in [9.17, 15) is 0 Å². The first-order valence-corrected chi connectivity index (χ1v) is 11.0. The van der Waals surface area contributed by atoms with Gasteiger partial charge in [0.05, 0.1) is 0 Å². The maximum absolute atomic E-state index is 3.15. The quantitative estimate of drug-likeness (QED) is 0.397. The number of hydrogen-bond acceptors (Lipinski definition) is 0. The maximum atomic E-state index is 3.15. The fourth-order valence-corrected chi connectivity index (χ4v) is 3.66. The van der Waals surface area contributed by atoms with E-state index < -0.39 is 0 Å². The van der Waals surface area contributed by atoms with E-state index in [2.05, 4.69) is 124 Å². The van der Waals surface area contributed by atoms with Crippen LogP contribution in [0.15, 0.2) is 0 Å². The molecule has 0 atom stereocenters. The highest BCUT2D eigenvalue weighted by Gasteiger charge is 2.10. The Balaban J connectivity index is 0.000000363. The first kappa shape index (κ1) is 26.7. The largest absolute Gasteiger partial charge is 0.0925 e. The van der Waals surface area contributed by atoms with Crippen LogP contribution in [-0.2, 0) is 0 Å². The fraction of sp³-hybridized carbons (Fsp3) is 0.375. The van der Waals surface area contributed by atoms with Crippen molar-refractivity contribution < 1.29 is 0 Å². The van der Waals surface area contributed by atoms with Crippen LogP contribution in [0.4, 0.5) is 0 Å². The van der Waals surface area contributed by atoms with Gasteiger partial charge in [0.1, 0.15) is 0 Å². The molecule has 0 heterocycles. The smallest absolute Gasteiger partial charge is 0.0319 e. The van der Waals surface area contributed by atoms with Gasteiger partial charge in [-0.1, -0.05) is 11.8 Å². The average molecular weight is 421 g/mol. The normalized spacial score (nSPS) is 8.88. The third-order valence-electron chi connectivity index (χ3n) is 7.00. The van der Waals surface area contributed by atoms with Gasteiger partial charge < -0.3 is 0 Å². The molecule has 0 saturated heterocycles. The summed E-state index contributed by atoms with van der Waals surface area (Å²) in [5.41, 5.74) is 16.3. The highest BCUT2D eigenvalue weighted by Crippen LogP contribution is 2.25. The van der Waals surface area contributed by atoms with E-state index in [0.29, 0.717) is 0 Å². The van der Waals surface area contributed by atoms with Crippen LogP contribution in [0.1, 0.15) is 73.7 Å². The van der Waals surface area contributed by atoms with Gasteiger partial charge in [0.25, 0.3) is 0 Å². The SMILES string of the molecule is CC#CC#CC#CC#Cc1c(C)c(C)c(C)c(C)c1C.Cc1c(C)c(C)c(C)c(C)c1C. The Labute approximate surface area is 197 Å². The lowest BCUT2D eigenvalue weighted by molar-refractivity contribution is 1.13. The fourth-order valence-electron chi connectivity index (χ4n) is 3.66. The summed E-state index contributed by atoms with van der Waals surface area (Å²) in [6.07, 6.45) is 0. The minimum atomic E-state index is 1.08. The summed E-state index contributed by atoms with van der Waals surface area (Å²) in [6, 6.07) is 0. The molecule has 0 N–H and O–H groups in total. The molecule has 0 spiro atoms. The van der Waals surface area contributed by atoms with E-state index in [0.717, 1.165) is 5.56 Å². The Kier molecular flexibility index (Phi) is 9.94. The molecule has 2 aromatic rings. The second kappa shape index (κ2) is 11.9. The number of hydrogen-bond donors (Lipinski definition) is 0. The maximum Gasteiger partial charge on any atom is 0.0319 e. The standard InChI is InChI=1S/C20H18.C12H18/c1-7-8-9-10-11-12-13-14-20-18(5)16(3)15(2)17(4)19(20)6;1-7-8(2)10(4)12(6)11(5)9(7)3/h1-6H3;1-6H3. The van der Waals surface area contributed by atoms with Crippen LogP contribution >= 0.6 is 0 Å². The van der Waals surface area contributed by atoms with E-state index >= 15 is 0 Å². The summed E-state index contributed by atoms with van der Waals surface area (Å²) < 4.78 is 0. The topological polar surface area (TPSA) is 0 Å². The van der Waals surface area contributed by atoms with Crippen molar-refractivity contribution in [2.24, 2.45) is 0 Å². The predicted octanol–water partition coefficient (Wildman–Crippen LogP) is 7.15. The average Bonchev–Trinajstić information content (AvgIpc) is 2.79. The molecule has 0 aliphatic carbocycles. The van der Waals surface area contributed by atoms with Gasteiger partial charge in [-0.25, -0.2) is 0 Å². The van der Waals surface area contributed by atoms with Gasteiger partial charge in [-0.05, 0) is 180 Å². The monoisotopic (exact) mass is 420 g/mol. The van der Waals surface area contributed by atoms with Crippen molar-refractivity contribution in [1.82, 2.24) is 0 Å². The van der Waals surface area contributed by atoms with Crippen molar-refractivity contribution >= 4 is 0 Å². The highest BCUT2D eigenvalue weighted by atomic mass is 14.1. The van der Waals surface area contributed by atoms with E-state index in [-0.39, 0.29) is 0 Å². The Bertz CT molecular complexity index is 1150. The molecule has 164 valence electrons. The molecule has 0 aliphatic heterocycles. The van der Waals surface area contributed by atoms with Crippen LogP contribution in [0.3, 0.4) is 0 Å². The van der Waals surface area contributed by atoms with Gasteiger partial charge >= 0.3 is 0 Å². The highest BCUT2D eigenvalue weighted by molar-refractivity contribution is 5.57. The molecule has 0 amide bonds. The molecule has 0 heteroatoms. The zero-order chi connectivity index (χ0) is 24.6. The van der Waals surface area contributed by atoms with Crippen molar-refractivity contribution in [3.8, 4) is 47.4 Å². The van der Waals surface area contributed by atoms with Gasteiger partial charge in [0.2, 0.25) is 0 Å². The van der Waals surface area contributed by atoms with Crippen LogP contribution in [0.25, 0.3) is 0 Å². The molecule has 0 nitrogen and oxygen atoms in total. The molecule has 2 rings (SSSR count). The number of benzene rings is 2. The van der Waals surface area contributed by atoms with Gasteiger partial charge in [-0.15, -0.1) is 0 Å². The lowest BCUT2D eigenvalue weighted by Gasteiger charge is -2.15. The Morgan fingerprint density at radius 1 is 0.312 bits per heavy atom. The third-order valence-corrected chi connectivity index (χ3v) is 7.00. The summed E-state index contributed by atoms with van der Waals surface area (Å²) in [6.45, 7) is 25.7. The minimum Gasteiger partial charge on any atom is -0.0925 e. The van der Waals surface area contributed by atoms with Crippen molar-refractivity contribution in [2.45, 2.75) is 83.1 Å². The van der Waals surface area contributed by atoms with Gasteiger partial charge in [0.15, 0.2) is 0 Å². The number of rotatable bonds is 0. The first-order valence-electron chi connectivity index (χ1n) is 11.0. The second-order valence-corrected chi connectivity index (χ2v) is 8.38. The molecule has 0 aliphatic rings. The zero-order valence-electron chi connectivity index (χ0n) is 22.0. The lowest BCUT2D eigenvalue weighted by Crippen LogP contribution is -1.99. The Morgan fingerprint density at radius 3 is 0.875 bits per heavy atom. The lowest BCUT2D eigenvalue weighted by atomic mass is 9.90. The van der Waals surface area contributed by atoms with Crippen LogP contribution in [0, 0.1) is 124 Å². The van der Waals surface area contributed by atoms with Crippen LogP contribution in [0.2, 0.25) is 0 Å². The molecule has 32 heavy (non-hydrogen) atoms. The summed E-state index contributed by atoms with van der Waals surface area (Å²) in [5, 5.41) is 0. The molecular formula is C32H36. The molecule has 0 bridgehead atoms. The van der Waals surface area contributed by atoms with Crippen molar-refractivity contribution in [2.75, 3.05) is 0 Å². The summed E-state index contributed by atoms with van der Waals surface area (Å²) in [7, 11) is 0. The van der Waals surface area contributed by atoms with Crippen LogP contribution in [-0.4, -0.2) is 0 Å². The Hall–Kier alpha value is -3.32. The van der Waals surface area contributed by atoms with Crippen molar-refractivity contribution in [3.05, 3.63) is 66.8 Å². The molecule has 0 fully saturated rings. The van der Waals surface area contributed by atoms with Gasteiger partial charge in [0, 0.05) is 5.56 Å². The molecule has 0 radical (unpaired) electrons. The van der Waals surface area contributed by atoms with Crippen molar-refractivity contribution in [3.63, 3.8) is 0 Å². The summed E-state index contributed by atoms with van der Waals surface area (Å²) in [5.74, 6) is 22.1. The van der Waals surface area contributed by atoms with Gasteiger partial charge in [-0.2, -0.15) is 0 Å².